The second-order valence-electron chi connectivity index (χ2n) is 6.25. The summed E-state index contributed by atoms with van der Waals surface area (Å²) in [4.78, 5) is 36.8. The van der Waals surface area contributed by atoms with Crippen molar-refractivity contribution in [3.63, 3.8) is 0 Å². The average molecular weight is 408 g/mol. The number of nitrogens with one attached hydrogen (secondary N) is 1. The molecule has 2 aromatic carbocycles. The Balaban J connectivity index is 1.75. The Hall–Kier alpha value is -2.64. The standard InChI is InChI=1S/C18H15Cl2N3O4/c1-10-2-4-13(8-15(10)23(26)27)21-18(25)11-6-17(24)22(9-11)16-7-12(19)3-5-14(16)20/h2-5,7-8,11H,6,9H2,1H3,(H,21,25)/t11-/m1/s1. The molecule has 0 bridgehead atoms. The molecule has 0 saturated carbocycles. The van der Waals surface area contributed by atoms with Crippen molar-refractivity contribution in [1.29, 1.82) is 0 Å². The molecule has 0 aliphatic carbocycles. The van der Waals surface area contributed by atoms with E-state index in [1.165, 1.54) is 11.0 Å². The molecule has 0 unspecified atom stereocenters. The predicted octanol–water partition coefficient (Wildman–Crippen LogP) is 4.20. The molecule has 1 N–H and O–H groups in total. The van der Waals surface area contributed by atoms with Gasteiger partial charge in [-0.1, -0.05) is 29.3 Å². The number of carbonyl (C=O) groups is 2. The fourth-order valence-electron chi connectivity index (χ4n) is 2.94. The number of amides is 2. The molecule has 1 aliphatic rings. The zero-order valence-corrected chi connectivity index (χ0v) is 15.8. The van der Waals surface area contributed by atoms with Gasteiger partial charge in [0.2, 0.25) is 11.8 Å². The summed E-state index contributed by atoms with van der Waals surface area (Å²) in [5.41, 5.74) is 1.18. The average Bonchev–Trinajstić information content (AvgIpc) is 3.00. The van der Waals surface area contributed by atoms with E-state index in [2.05, 4.69) is 5.32 Å². The fraction of sp³-hybridized carbons (Fsp3) is 0.222. The summed E-state index contributed by atoms with van der Waals surface area (Å²) in [5, 5.41) is 14.5. The Morgan fingerprint density at radius 1 is 1.26 bits per heavy atom. The molecule has 9 heteroatoms. The number of hydrogen-bond donors (Lipinski definition) is 1. The number of rotatable bonds is 4. The van der Waals surface area contributed by atoms with Crippen LogP contribution < -0.4 is 10.2 Å². The number of aryl methyl sites for hydroxylation is 1. The molecular formula is C18H15Cl2N3O4. The predicted molar refractivity (Wildman–Crippen MR) is 103 cm³/mol. The van der Waals surface area contributed by atoms with Gasteiger partial charge in [-0.3, -0.25) is 19.7 Å². The van der Waals surface area contributed by atoms with Crippen LogP contribution in [0.15, 0.2) is 36.4 Å². The maximum Gasteiger partial charge on any atom is 0.274 e. The second-order valence-corrected chi connectivity index (χ2v) is 7.09. The monoisotopic (exact) mass is 407 g/mol. The van der Waals surface area contributed by atoms with Crippen molar-refractivity contribution < 1.29 is 14.5 Å². The molecule has 0 aromatic heterocycles. The Labute approximate surface area is 165 Å². The topological polar surface area (TPSA) is 92.6 Å². The summed E-state index contributed by atoms with van der Waals surface area (Å²) in [6.07, 6.45) is 0.0165. The van der Waals surface area contributed by atoms with E-state index in [-0.39, 0.29) is 30.5 Å². The van der Waals surface area contributed by atoms with Crippen molar-refractivity contribution in [2.24, 2.45) is 5.92 Å². The molecule has 3 rings (SSSR count). The van der Waals surface area contributed by atoms with Gasteiger partial charge in [0.15, 0.2) is 0 Å². The second kappa shape index (κ2) is 7.54. The first kappa shape index (κ1) is 19.1. The van der Waals surface area contributed by atoms with Gasteiger partial charge in [-0.2, -0.15) is 0 Å². The van der Waals surface area contributed by atoms with E-state index in [1.807, 2.05) is 0 Å². The van der Waals surface area contributed by atoms with Crippen molar-refractivity contribution >= 4 is 52.1 Å². The summed E-state index contributed by atoms with van der Waals surface area (Å²) >= 11 is 12.1. The highest BCUT2D eigenvalue weighted by molar-refractivity contribution is 6.36. The molecule has 7 nitrogen and oxygen atoms in total. The van der Waals surface area contributed by atoms with E-state index in [1.54, 1.807) is 37.3 Å². The van der Waals surface area contributed by atoms with E-state index in [0.29, 0.717) is 27.0 Å². The minimum Gasteiger partial charge on any atom is -0.326 e. The molecule has 2 aromatic rings. The van der Waals surface area contributed by atoms with Gasteiger partial charge in [-0.15, -0.1) is 0 Å². The van der Waals surface area contributed by atoms with Crippen molar-refractivity contribution in [3.05, 3.63) is 62.1 Å². The lowest BCUT2D eigenvalue weighted by Gasteiger charge is -2.18. The lowest BCUT2D eigenvalue weighted by Crippen LogP contribution is -2.28. The van der Waals surface area contributed by atoms with E-state index < -0.39 is 10.8 Å². The molecule has 0 radical (unpaired) electrons. The van der Waals surface area contributed by atoms with E-state index >= 15 is 0 Å². The maximum atomic E-state index is 12.5. The van der Waals surface area contributed by atoms with Gasteiger partial charge in [0.1, 0.15) is 0 Å². The smallest absolute Gasteiger partial charge is 0.274 e. The normalized spacial score (nSPS) is 16.5. The van der Waals surface area contributed by atoms with Gasteiger partial charge in [-0.05, 0) is 31.2 Å². The van der Waals surface area contributed by atoms with E-state index in [4.69, 9.17) is 23.2 Å². The molecule has 2 amide bonds. The van der Waals surface area contributed by atoms with Gasteiger partial charge >= 0.3 is 0 Å². The van der Waals surface area contributed by atoms with Gasteiger partial charge in [0.05, 0.1) is 21.6 Å². The number of anilines is 2. The molecule has 27 heavy (non-hydrogen) atoms. The summed E-state index contributed by atoms with van der Waals surface area (Å²) in [6, 6.07) is 9.23. The van der Waals surface area contributed by atoms with Crippen LogP contribution in [0.3, 0.4) is 0 Å². The summed E-state index contributed by atoms with van der Waals surface area (Å²) in [6.45, 7) is 1.77. The molecule has 1 saturated heterocycles. The number of halogens is 2. The Morgan fingerprint density at radius 2 is 2.00 bits per heavy atom. The first-order valence-electron chi connectivity index (χ1n) is 8.07. The van der Waals surface area contributed by atoms with Crippen LogP contribution >= 0.6 is 23.2 Å². The van der Waals surface area contributed by atoms with Crippen LogP contribution in [-0.4, -0.2) is 23.3 Å². The first-order valence-corrected chi connectivity index (χ1v) is 8.83. The Kier molecular flexibility index (Phi) is 5.34. The highest BCUT2D eigenvalue weighted by Crippen LogP contribution is 2.34. The van der Waals surface area contributed by atoms with Crippen LogP contribution in [0.2, 0.25) is 10.0 Å². The van der Waals surface area contributed by atoms with Crippen molar-refractivity contribution in [3.8, 4) is 0 Å². The molecular weight excluding hydrogens is 393 g/mol. The maximum absolute atomic E-state index is 12.5. The van der Waals surface area contributed by atoms with Crippen LogP contribution in [0.1, 0.15) is 12.0 Å². The lowest BCUT2D eigenvalue weighted by molar-refractivity contribution is -0.385. The van der Waals surface area contributed by atoms with Gasteiger partial charge in [-0.25, -0.2) is 0 Å². The zero-order valence-electron chi connectivity index (χ0n) is 14.2. The largest absolute Gasteiger partial charge is 0.326 e. The number of nitrogens with zero attached hydrogens (tertiary/aromatic N) is 2. The molecule has 1 heterocycles. The van der Waals surface area contributed by atoms with Crippen molar-refractivity contribution in [2.45, 2.75) is 13.3 Å². The molecule has 1 atom stereocenters. The highest BCUT2D eigenvalue weighted by atomic mass is 35.5. The minimum atomic E-state index is -0.604. The summed E-state index contributed by atoms with van der Waals surface area (Å²) in [7, 11) is 0. The third-order valence-corrected chi connectivity index (χ3v) is 4.92. The van der Waals surface area contributed by atoms with Crippen LogP contribution in [-0.2, 0) is 9.59 Å². The zero-order chi connectivity index (χ0) is 19.7. The SMILES string of the molecule is Cc1ccc(NC(=O)[C@@H]2CC(=O)N(c3cc(Cl)ccc3Cl)C2)cc1[N+](=O)[O-]. The van der Waals surface area contributed by atoms with Gasteiger partial charge in [0, 0.05) is 35.3 Å². The number of nitro benzene ring substituents is 1. The van der Waals surface area contributed by atoms with Crippen LogP contribution in [0.5, 0.6) is 0 Å². The quantitative estimate of drug-likeness (QED) is 0.606. The van der Waals surface area contributed by atoms with Crippen LogP contribution in [0.25, 0.3) is 0 Å². The number of hydrogen-bond acceptors (Lipinski definition) is 4. The fourth-order valence-corrected chi connectivity index (χ4v) is 3.32. The van der Waals surface area contributed by atoms with Crippen molar-refractivity contribution in [2.75, 3.05) is 16.8 Å². The highest BCUT2D eigenvalue weighted by Gasteiger charge is 2.36. The van der Waals surface area contributed by atoms with Gasteiger partial charge < -0.3 is 10.2 Å². The lowest BCUT2D eigenvalue weighted by atomic mass is 10.1. The van der Waals surface area contributed by atoms with Crippen LogP contribution in [0.4, 0.5) is 17.1 Å². The first-order chi connectivity index (χ1) is 12.8. The molecule has 1 fully saturated rings. The van der Waals surface area contributed by atoms with Gasteiger partial charge in [0.25, 0.3) is 5.69 Å². The number of nitro groups is 1. The minimum absolute atomic E-state index is 0.0165. The molecule has 140 valence electrons. The third kappa shape index (κ3) is 4.04. The summed E-state index contributed by atoms with van der Waals surface area (Å²) in [5.74, 6) is -1.23. The van der Waals surface area contributed by atoms with Crippen LogP contribution in [0, 0.1) is 23.0 Å². The Bertz CT molecular complexity index is 948. The van der Waals surface area contributed by atoms with Crippen molar-refractivity contribution in [1.82, 2.24) is 0 Å². The number of benzene rings is 2. The van der Waals surface area contributed by atoms with E-state index in [9.17, 15) is 19.7 Å². The Morgan fingerprint density at radius 3 is 2.70 bits per heavy atom. The van der Waals surface area contributed by atoms with E-state index in [0.717, 1.165) is 0 Å². The number of carbonyl (C=O) groups excluding carboxylic acids is 2. The molecule has 0 spiro atoms. The summed E-state index contributed by atoms with van der Waals surface area (Å²) < 4.78 is 0. The third-order valence-electron chi connectivity index (χ3n) is 4.37. The molecule has 1 aliphatic heterocycles.